The second-order valence-corrected chi connectivity index (χ2v) is 9.25. The largest absolute Gasteiger partial charge is 0.512 e. The van der Waals surface area contributed by atoms with Crippen LogP contribution in [0.1, 0.15) is 136 Å². The molecule has 0 rings (SSSR count). The summed E-state index contributed by atoms with van der Waals surface area (Å²) < 4.78 is 16.0. The summed E-state index contributed by atoms with van der Waals surface area (Å²) in [6.07, 6.45) is 23.9. The van der Waals surface area contributed by atoms with Crippen LogP contribution in [-0.4, -0.2) is 36.5 Å². The highest BCUT2D eigenvalue weighted by Gasteiger charge is 2.47. The molecule has 0 saturated heterocycles. The van der Waals surface area contributed by atoms with E-state index in [1.54, 1.807) is 0 Å². The molecule has 5 heteroatoms. The average Bonchev–Trinajstić information content (AvgIpc) is 2.79. The molecule has 0 aliphatic carbocycles. The Bertz CT molecular complexity index is 399. The first-order chi connectivity index (χ1) is 15.1. The predicted octanol–water partition coefficient (Wildman–Crippen LogP) is 7.67. The first kappa shape index (κ1) is 30.6. The van der Waals surface area contributed by atoms with Gasteiger partial charge in [-0.05, 0) is 12.8 Å². The summed E-state index contributed by atoms with van der Waals surface area (Å²) in [7, 11) is 5.95. The van der Waals surface area contributed by atoms with Gasteiger partial charge in [0.2, 0.25) is 0 Å². The molecule has 31 heavy (non-hydrogen) atoms. The molecule has 0 spiro atoms. The van der Waals surface area contributed by atoms with Gasteiger partial charge in [-0.25, -0.2) is 4.79 Å². The molecule has 0 aromatic heterocycles. The van der Waals surface area contributed by atoms with E-state index in [0.29, 0.717) is 0 Å². The van der Waals surface area contributed by atoms with Gasteiger partial charge in [-0.2, -0.15) is 0 Å². The smallest absolute Gasteiger partial charge is 0.353 e. The summed E-state index contributed by atoms with van der Waals surface area (Å²) in [5, 5.41) is 0. The first-order valence-corrected chi connectivity index (χ1v) is 13.5. The second kappa shape index (κ2) is 21.5. The molecule has 0 aromatic carbocycles. The van der Waals surface area contributed by atoms with Crippen molar-refractivity contribution >= 4 is 16.5 Å². The molecule has 3 radical (unpaired) electrons. The molecule has 1 atom stereocenters. The standard InChI is InChI=1S/C26H51O4Si/c1-5-7-9-11-12-13-14-15-16-17-18-19-21-23-24(22-20-10-8-6-2)26(28-3,29-4)25(27)30-31/h24H,5-23H2,1-4H3. The molecule has 0 aliphatic heterocycles. The van der Waals surface area contributed by atoms with Crippen molar-refractivity contribution < 1.29 is 18.7 Å². The summed E-state index contributed by atoms with van der Waals surface area (Å²) in [4.78, 5) is 12.4. The number of hydrogen-bond acceptors (Lipinski definition) is 4. The maximum Gasteiger partial charge on any atom is 0.353 e. The van der Waals surface area contributed by atoms with Crippen molar-refractivity contribution in [2.45, 2.75) is 142 Å². The third-order valence-corrected chi connectivity index (χ3v) is 6.77. The van der Waals surface area contributed by atoms with E-state index in [9.17, 15) is 4.79 Å². The van der Waals surface area contributed by atoms with Crippen LogP contribution < -0.4 is 0 Å². The lowest BCUT2D eigenvalue weighted by molar-refractivity contribution is -0.246. The topological polar surface area (TPSA) is 44.8 Å². The van der Waals surface area contributed by atoms with Gasteiger partial charge in [0.15, 0.2) is 0 Å². The quantitative estimate of drug-likeness (QED) is 0.0900. The normalized spacial score (nSPS) is 12.8. The molecule has 0 aromatic rings. The minimum atomic E-state index is -1.31. The fraction of sp³-hybridized carbons (Fsp3) is 0.962. The van der Waals surface area contributed by atoms with Crippen molar-refractivity contribution in [3.63, 3.8) is 0 Å². The van der Waals surface area contributed by atoms with Crippen LogP contribution in [0.5, 0.6) is 0 Å². The number of carbonyl (C=O) groups is 1. The molecule has 183 valence electrons. The Labute approximate surface area is 197 Å². The maximum atomic E-state index is 12.4. The monoisotopic (exact) mass is 455 g/mol. The molecule has 0 heterocycles. The molecular weight excluding hydrogens is 404 g/mol. The fourth-order valence-corrected chi connectivity index (χ4v) is 4.71. The van der Waals surface area contributed by atoms with Crippen LogP contribution in [-0.2, 0) is 18.7 Å². The van der Waals surface area contributed by atoms with Gasteiger partial charge in [0.1, 0.15) is 0 Å². The average molecular weight is 456 g/mol. The Kier molecular flexibility index (Phi) is 21.2. The highest BCUT2D eigenvalue weighted by atomic mass is 28.2. The van der Waals surface area contributed by atoms with E-state index in [1.165, 1.54) is 111 Å². The van der Waals surface area contributed by atoms with Gasteiger partial charge in [0, 0.05) is 20.1 Å². The molecular formula is C26H51O4Si. The van der Waals surface area contributed by atoms with Gasteiger partial charge >= 0.3 is 16.5 Å². The Morgan fingerprint density at radius 3 is 1.29 bits per heavy atom. The van der Waals surface area contributed by atoms with E-state index < -0.39 is 11.8 Å². The highest BCUT2D eigenvalue weighted by Crippen LogP contribution is 2.33. The van der Waals surface area contributed by atoms with Crippen LogP contribution in [0.4, 0.5) is 0 Å². The second-order valence-electron chi connectivity index (χ2n) is 9.04. The zero-order valence-corrected chi connectivity index (χ0v) is 22.1. The van der Waals surface area contributed by atoms with Gasteiger partial charge < -0.3 is 13.9 Å². The lowest BCUT2D eigenvalue weighted by Gasteiger charge is -2.36. The number of unbranched alkanes of at least 4 members (excludes halogenated alkanes) is 15. The third-order valence-electron chi connectivity index (χ3n) is 6.58. The minimum absolute atomic E-state index is 0.0101. The summed E-state index contributed by atoms with van der Waals surface area (Å²) in [6, 6.07) is 0. The van der Waals surface area contributed by atoms with Crippen molar-refractivity contribution in [2.24, 2.45) is 5.92 Å². The van der Waals surface area contributed by atoms with Crippen LogP contribution >= 0.6 is 0 Å². The van der Waals surface area contributed by atoms with Crippen molar-refractivity contribution in [1.82, 2.24) is 0 Å². The lowest BCUT2D eigenvalue weighted by atomic mass is 9.86. The molecule has 1 unspecified atom stereocenters. The molecule has 0 N–H and O–H groups in total. The van der Waals surface area contributed by atoms with Gasteiger partial charge in [0.25, 0.3) is 5.79 Å². The Balaban J connectivity index is 4.18. The third kappa shape index (κ3) is 13.7. The summed E-state index contributed by atoms with van der Waals surface area (Å²) in [5.41, 5.74) is 0. The van der Waals surface area contributed by atoms with Gasteiger partial charge in [-0.15, -0.1) is 0 Å². The zero-order chi connectivity index (χ0) is 23.2. The van der Waals surface area contributed by atoms with Crippen LogP contribution in [0.15, 0.2) is 0 Å². The Morgan fingerprint density at radius 1 is 0.645 bits per heavy atom. The van der Waals surface area contributed by atoms with Crippen LogP contribution in [0, 0.1) is 5.92 Å². The Hall–Kier alpha value is -0.393. The fourth-order valence-electron chi connectivity index (χ4n) is 4.57. The van der Waals surface area contributed by atoms with E-state index in [-0.39, 0.29) is 5.92 Å². The molecule has 0 saturated carbocycles. The van der Waals surface area contributed by atoms with Gasteiger partial charge in [-0.1, -0.05) is 123 Å². The van der Waals surface area contributed by atoms with Gasteiger partial charge in [0.05, 0.1) is 0 Å². The van der Waals surface area contributed by atoms with Crippen LogP contribution in [0.25, 0.3) is 0 Å². The van der Waals surface area contributed by atoms with Crippen molar-refractivity contribution in [3.05, 3.63) is 0 Å². The first-order valence-electron chi connectivity index (χ1n) is 13.1. The minimum Gasteiger partial charge on any atom is -0.512 e. The highest BCUT2D eigenvalue weighted by molar-refractivity contribution is 6.06. The van der Waals surface area contributed by atoms with Crippen molar-refractivity contribution in [2.75, 3.05) is 14.2 Å². The maximum absolute atomic E-state index is 12.4. The zero-order valence-electron chi connectivity index (χ0n) is 21.1. The van der Waals surface area contributed by atoms with E-state index in [1.807, 2.05) is 0 Å². The van der Waals surface area contributed by atoms with Crippen molar-refractivity contribution in [1.29, 1.82) is 0 Å². The van der Waals surface area contributed by atoms with Crippen molar-refractivity contribution in [3.8, 4) is 0 Å². The Morgan fingerprint density at radius 2 is 0.968 bits per heavy atom. The number of carbonyl (C=O) groups excluding carboxylic acids is 1. The summed E-state index contributed by atoms with van der Waals surface area (Å²) >= 11 is 0. The van der Waals surface area contributed by atoms with E-state index in [4.69, 9.17) is 13.9 Å². The van der Waals surface area contributed by atoms with Crippen LogP contribution in [0.3, 0.4) is 0 Å². The van der Waals surface area contributed by atoms with Gasteiger partial charge in [-0.3, -0.25) is 0 Å². The molecule has 0 bridgehead atoms. The molecule has 0 fully saturated rings. The van der Waals surface area contributed by atoms with E-state index >= 15 is 0 Å². The summed E-state index contributed by atoms with van der Waals surface area (Å²) in [6.45, 7) is 4.48. The van der Waals surface area contributed by atoms with E-state index in [2.05, 4.69) is 24.3 Å². The number of ether oxygens (including phenoxy) is 2. The molecule has 0 aliphatic rings. The SMILES string of the molecule is CCCCCCCCCCCCCCCC(CCCCCC)C(OC)(OC)C(=O)O[Si]. The molecule has 0 amide bonds. The lowest BCUT2D eigenvalue weighted by Crippen LogP contribution is -2.50. The summed E-state index contributed by atoms with van der Waals surface area (Å²) in [5.74, 6) is -1.80. The van der Waals surface area contributed by atoms with Crippen LogP contribution in [0.2, 0.25) is 0 Å². The number of hydrogen-bond donors (Lipinski definition) is 0. The van der Waals surface area contributed by atoms with E-state index in [0.717, 1.165) is 25.7 Å². The molecule has 4 nitrogen and oxygen atoms in total. The number of methoxy groups -OCH3 is 2. The predicted molar refractivity (Wildman–Crippen MR) is 131 cm³/mol. The number of rotatable bonds is 23.